The van der Waals surface area contributed by atoms with Crippen molar-refractivity contribution >= 4 is 29.9 Å². The molecular weight excluding hydrogens is 427 g/mol. The zero-order valence-corrected chi connectivity index (χ0v) is 18.3. The molecule has 0 aliphatic carbocycles. The highest BCUT2D eigenvalue weighted by Gasteiger charge is 2.23. The summed E-state index contributed by atoms with van der Waals surface area (Å²) < 4.78 is 5.21. The molecule has 1 fully saturated rings. The lowest BCUT2D eigenvalue weighted by atomic mass is 10.1. The number of rotatable bonds is 7. The molecule has 1 saturated heterocycles. The molecule has 2 rings (SSSR count). The van der Waals surface area contributed by atoms with Gasteiger partial charge in [-0.05, 0) is 44.4 Å². The topological polar surface area (TPSA) is 48.9 Å². The smallest absolute Gasteiger partial charge is 0.191 e. The van der Waals surface area contributed by atoms with Crippen molar-refractivity contribution in [3.63, 3.8) is 0 Å². The van der Waals surface area contributed by atoms with Gasteiger partial charge in [0.25, 0.3) is 0 Å². The Kier molecular flexibility index (Phi) is 10.4. The van der Waals surface area contributed by atoms with Crippen LogP contribution in [0.4, 0.5) is 0 Å². The van der Waals surface area contributed by atoms with Crippen LogP contribution in [0.2, 0.25) is 0 Å². The Morgan fingerprint density at radius 2 is 2.12 bits per heavy atom. The predicted octanol–water partition coefficient (Wildman–Crippen LogP) is 2.70. The molecule has 1 unspecified atom stereocenters. The lowest BCUT2D eigenvalue weighted by Crippen LogP contribution is -2.45. The Labute approximate surface area is 169 Å². The molecule has 1 aliphatic heterocycles. The summed E-state index contributed by atoms with van der Waals surface area (Å²) in [4.78, 5) is 6.86. The van der Waals surface area contributed by atoms with Gasteiger partial charge in [0.1, 0.15) is 0 Å². The van der Waals surface area contributed by atoms with Gasteiger partial charge in [-0.15, -0.1) is 24.0 Å². The van der Waals surface area contributed by atoms with Crippen molar-refractivity contribution in [1.82, 2.24) is 15.5 Å². The summed E-state index contributed by atoms with van der Waals surface area (Å²) in [6.07, 6.45) is 2.51. The van der Waals surface area contributed by atoms with Crippen molar-refractivity contribution in [2.45, 2.75) is 39.3 Å². The van der Waals surface area contributed by atoms with Crippen LogP contribution in [-0.2, 0) is 11.3 Å². The number of methoxy groups -OCH3 is 1. The normalized spacial score (nSPS) is 18.1. The maximum absolute atomic E-state index is 5.21. The predicted molar refractivity (Wildman–Crippen MR) is 116 cm³/mol. The number of guanidine groups is 1. The number of ether oxygens (including phenoxy) is 1. The molecule has 0 amide bonds. The van der Waals surface area contributed by atoms with E-state index in [-0.39, 0.29) is 24.0 Å². The molecule has 1 aliphatic rings. The van der Waals surface area contributed by atoms with Crippen molar-refractivity contribution in [2.75, 3.05) is 40.4 Å². The number of nitrogens with zero attached hydrogens (tertiary/aromatic N) is 2. The van der Waals surface area contributed by atoms with Crippen molar-refractivity contribution in [3.05, 3.63) is 34.9 Å². The molecule has 142 valence electrons. The maximum atomic E-state index is 5.21. The lowest BCUT2D eigenvalue weighted by molar-refractivity contribution is 0.141. The molecule has 6 heteroatoms. The molecule has 1 aromatic rings. The average Bonchev–Trinajstić information content (AvgIpc) is 3.02. The van der Waals surface area contributed by atoms with Crippen molar-refractivity contribution < 1.29 is 4.74 Å². The monoisotopic (exact) mass is 460 g/mol. The summed E-state index contributed by atoms with van der Waals surface area (Å²) in [5, 5.41) is 6.90. The minimum absolute atomic E-state index is 0. The molecule has 5 nitrogen and oxygen atoms in total. The van der Waals surface area contributed by atoms with E-state index >= 15 is 0 Å². The highest BCUT2D eigenvalue weighted by molar-refractivity contribution is 14.0. The van der Waals surface area contributed by atoms with E-state index in [1.165, 1.54) is 36.1 Å². The number of likely N-dealkylation sites (tertiary alicyclic amines) is 1. The highest BCUT2D eigenvalue weighted by atomic mass is 127. The van der Waals surface area contributed by atoms with Gasteiger partial charge >= 0.3 is 0 Å². The van der Waals surface area contributed by atoms with Gasteiger partial charge < -0.3 is 15.4 Å². The number of aliphatic imine (C=N–C) groups is 1. The second-order valence-corrected chi connectivity index (χ2v) is 6.56. The molecule has 0 saturated carbocycles. The fourth-order valence-corrected chi connectivity index (χ4v) is 3.29. The molecule has 0 radical (unpaired) electrons. The fraction of sp³-hybridized carbons (Fsp3) is 0.632. The molecule has 25 heavy (non-hydrogen) atoms. The first-order valence-electron chi connectivity index (χ1n) is 8.87. The van der Waals surface area contributed by atoms with Gasteiger partial charge in [-0.2, -0.15) is 0 Å². The van der Waals surface area contributed by atoms with Gasteiger partial charge in [0.15, 0.2) is 5.96 Å². The standard InChI is InChI=1S/C19H32N4O.HI/c1-15-7-8-17(16(2)12-15)13-21-19(20-3)22-14-18-6-5-9-23(18)10-11-24-4;/h7-8,12,18H,5-6,9-11,13-14H2,1-4H3,(H2,20,21,22);1H. The Morgan fingerprint density at radius 1 is 1.32 bits per heavy atom. The average molecular weight is 460 g/mol. The highest BCUT2D eigenvalue weighted by Crippen LogP contribution is 2.15. The van der Waals surface area contributed by atoms with Crippen molar-refractivity contribution in [1.29, 1.82) is 0 Å². The van der Waals surface area contributed by atoms with E-state index in [0.717, 1.165) is 32.2 Å². The van der Waals surface area contributed by atoms with Gasteiger partial charge in [-0.1, -0.05) is 23.8 Å². The van der Waals surface area contributed by atoms with Crippen LogP contribution < -0.4 is 10.6 Å². The van der Waals surface area contributed by atoms with Crippen LogP contribution in [0.5, 0.6) is 0 Å². The van der Waals surface area contributed by atoms with Crippen molar-refractivity contribution in [3.8, 4) is 0 Å². The van der Waals surface area contributed by atoms with E-state index in [9.17, 15) is 0 Å². The number of hydrogen-bond donors (Lipinski definition) is 2. The Balaban J connectivity index is 0.00000312. The number of hydrogen-bond acceptors (Lipinski definition) is 3. The molecule has 0 bridgehead atoms. The molecule has 2 N–H and O–H groups in total. The first-order chi connectivity index (χ1) is 11.6. The second-order valence-electron chi connectivity index (χ2n) is 6.56. The summed E-state index contributed by atoms with van der Waals surface area (Å²) in [6, 6.07) is 7.14. The zero-order chi connectivity index (χ0) is 17.4. The zero-order valence-electron chi connectivity index (χ0n) is 16.0. The quantitative estimate of drug-likeness (QED) is 0.373. The third-order valence-corrected chi connectivity index (χ3v) is 4.75. The van der Waals surface area contributed by atoms with Crippen LogP contribution in [-0.4, -0.2) is 57.3 Å². The summed E-state index contributed by atoms with van der Waals surface area (Å²) >= 11 is 0. The third kappa shape index (κ3) is 7.11. The van der Waals surface area contributed by atoms with Gasteiger partial charge in [0, 0.05) is 39.8 Å². The molecule has 1 heterocycles. The molecule has 1 aromatic carbocycles. The van der Waals surface area contributed by atoms with E-state index in [4.69, 9.17) is 4.74 Å². The summed E-state index contributed by atoms with van der Waals surface area (Å²) in [5.74, 6) is 0.869. The van der Waals surface area contributed by atoms with Crippen LogP contribution in [0.25, 0.3) is 0 Å². The Morgan fingerprint density at radius 3 is 2.80 bits per heavy atom. The molecular formula is C19H33IN4O. The molecule has 1 atom stereocenters. The van der Waals surface area contributed by atoms with Crippen LogP contribution in [0.3, 0.4) is 0 Å². The van der Waals surface area contributed by atoms with Gasteiger partial charge in [0.05, 0.1) is 6.61 Å². The summed E-state index contributed by atoms with van der Waals surface area (Å²) in [7, 11) is 3.59. The number of nitrogens with one attached hydrogen (secondary N) is 2. The first-order valence-corrected chi connectivity index (χ1v) is 8.87. The van der Waals surface area contributed by atoms with E-state index in [2.05, 4.69) is 52.6 Å². The minimum atomic E-state index is 0. The van der Waals surface area contributed by atoms with Crippen LogP contribution in [0.15, 0.2) is 23.2 Å². The molecule has 0 spiro atoms. The van der Waals surface area contributed by atoms with Gasteiger partial charge in [-0.25, -0.2) is 0 Å². The third-order valence-electron chi connectivity index (χ3n) is 4.75. The fourth-order valence-electron chi connectivity index (χ4n) is 3.29. The van der Waals surface area contributed by atoms with Crippen LogP contribution in [0.1, 0.15) is 29.5 Å². The SMILES string of the molecule is CN=C(NCc1ccc(C)cc1C)NCC1CCCN1CCOC.I. The van der Waals surface area contributed by atoms with E-state index in [1.54, 1.807) is 7.11 Å². The maximum Gasteiger partial charge on any atom is 0.191 e. The molecule has 0 aromatic heterocycles. The first kappa shape index (κ1) is 22.2. The lowest BCUT2D eigenvalue weighted by Gasteiger charge is -2.25. The number of benzene rings is 1. The number of halogens is 1. The number of aryl methyl sites for hydroxylation is 2. The van der Waals surface area contributed by atoms with E-state index in [0.29, 0.717) is 6.04 Å². The van der Waals surface area contributed by atoms with E-state index in [1.807, 2.05) is 7.05 Å². The summed E-state index contributed by atoms with van der Waals surface area (Å²) in [6.45, 7) is 8.99. The van der Waals surface area contributed by atoms with Gasteiger partial charge in [-0.3, -0.25) is 9.89 Å². The Hall–Kier alpha value is -0.860. The van der Waals surface area contributed by atoms with Crippen LogP contribution >= 0.6 is 24.0 Å². The van der Waals surface area contributed by atoms with Crippen LogP contribution in [0, 0.1) is 13.8 Å². The Bertz CT molecular complexity index is 550. The van der Waals surface area contributed by atoms with Gasteiger partial charge in [0.2, 0.25) is 0 Å². The largest absolute Gasteiger partial charge is 0.383 e. The van der Waals surface area contributed by atoms with Crippen molar-refractivity contribution in [2.24, 2.45) is 4.99 Å². The van der Waals surface area contributed by atoms with E-state index < -0.39 is 0 Å². The second kappa shape index (κ2) is 11.7. The minimum Gasteiger partial charge on any atom is -0.383 e. The summed E-state index contributed by atoms with van der Waals surface area (Å²) in [5.41, 5.74) is 3.93.